The molecule has 3 heterocycles. The molecule has 0 unspecified atom stereocenters. The van der Waals surface area contributed by atoms with Gasteiger partial charge < -0.3 is 24.6 Å². The Morgan fingerprint density at radius 2 is 2.07 bits per heavy atom. The first-order valence-corrected chi connectivity index (χ1v) is 9.60. The number of ether oxygens (including phenoxy) is 2. The summed E-state index contributed by atoms with van der Waals surface area (Å²) in [7, 11) is 1.75. The van der Waals surface area contributed by atoms with Crippen LogP contribution in [0.5, 0.6) is 11.5 Å². The fourth-order valence-electron chi connectivity index (χ4n) is 2.73. The first-order chi connectivity index (χ1) is 13.6. The number of carbonyl (C=O) groups excluding carboxylic acids is 1. The molecule has 2 N–H and O–H groups in total. The highest BCUT2D eigenvalue weighted by Gasteiger charge is 2.18. The van der Waals surface area contributed by atoms with E-state index in [4.69, 9.17) is 19.7 Å². The Kier molecular flexibility index (Phi) is 5.11. The van der Waals surface area contributed by atoms with Crippen molar-refractivity contribution in [3.63, 3.8) is 0 Å². The predicted molar refractivity (Wildman–Crippen MR) is 103 cm³/mol. The number of thioether (sulfide) groups is 1. The lowest BCUT2D eigenvalue weighted by Crippen LogP contribution is -2.28. The van der Waals surface area contributed by atoms with E-state index >= 15 is 0 Å². The molecular weight excluding hydrogens is 382 g/mol. The Morgan fingerprint density at radius 3 is 2.86 bits per heavy atom. The summed E-state index contributed by atoms with van der Waals surface area (Å²) >= 11 is 1.22. The van der Waals surface area contributed by atoms with Gasteiger partial charge in [0.2, 0.25) is 16.9 Å². The minimum Gasteiger partial charge on any atom is -0.486 e. The number of carbonyl (C=O) groups is 1. The number of aromatic nitrogens is 3. The smallest absolute Gasteiger partial charge is 0.233 e. The maximum Gasteiger partial charge on any atom is 0.233 e. The predicted octanol–water partition coefficient (Wildman–Crippen LogP) is 1.77. The van der Waals surface area contributed by atoms with Crippen LogP contribution in [0, 0.1) is 0 Å². The maximum absolute atomic E-state index is 12.5. The van der Waals surface area contributed by atoms with Crippen molar-refractivity contribution in [2.24, 2.45) is 0 Å². The second-order valence-corrected chi connectivity index (χ2v) is 7.11. The van der Waals surface area contributed by atoms with E-state index in [1.165, 1.54) is 22.7 Å². The number of hydrogen-bond donors (Lipinski definition) is 1. The molecule has 0 spiro atoms. The second kappa shape index (κ2) is 7.85. The SMILES string of the molecule is CN(Cc1ccc2c(c1)OCCO2)C(=O)CSc1nnc(-c2ccco2)n1N. The van der Waals surface area contributed by atoms with Crippen LogP contribution < -0.4 is 15.3 Å². The van der Waals surface area contributed by atoms with Crippen molar-refractivity contribution < 1.29 is 18.7 Å². The number of furan rings is 1. The van der Waals surface area contributed by atoms with Gasteiger partial charge in [-0.05, 0) is 29.8 Å². The zero-order chi connectivity index (χ0) is 19.5. The summed E-state index contributed by atoms with van der Waals surface area (Å²) in [6.45, 7) is 1.54. The third-order valence-corrected chi connectivity index (χ3v) is 5.11. The Bertz CT molecular complexity index is 973. The van der Waals surface area contributed by atoms with Crippen LogP contribution in [-0.2, 0) is 11.3 Å². The van der Waals surface area contributed by atoms with Crippen molar-refractivity contribution in [3.8, 4) is 23.1 Å². The van der Waals surface area contributed by atoms with Gasteiger partial charge in [0.25, 0.3) is 0 Å². The van der Waals surface area contributed by atoms with Gasteiger partial charge in [0, 0.05) is 13.6 Å². The lowest BCUT2D eigenvalue weighted by molar-refractivity contribution is -0.127. The Hall–Kier alpha value is -3.14. The van der Waals surface area contributed by atoms with Gasteiger partial charge in [-0.25, -0.2) is 4.68 Å². The quantitative estimate of drug-likeness (QED) is 0.492. The average Bonchev–Trinajstić information content (AvgIpc) is 3.35. The molecule has 0 atom stereocenters. The zero-order valence-electron chi connectivity index (χ0n) is 15.2. The first-order valence-electron chi connectivity index (χ1n) is 8.61. The Morgan fingerprint density at radius 1 is 1.25 bits per heavy atom. The highest BCUT2D eigenvalue weighted by molar-refractivity contribution is 7.99. The highest BCUT2D eigenvalue weighted by atomic mass is 32.2. The maximum atomic E-state index is 12.5. The number of nitrogens with two attached hydrogens (primary N) is 1. The lowest BCUT2D eigenvalue weighted by atomic mass is 10.2. The summed E-state index contributed by atoms with van der Waals surface area (Å²) in [5, 5.41) is 8.47. The number of fused-ring (bicyclic) bond motifs is 1. The molecule has 0 saturated carbocycles. The zero-order valence-corrected chi connectivity index (χ0v) is 16.0. The van der Waals surface area contributed by atoms with Gasteiger partial charge in [0.1, 0.15) is 13.2 Å². The summed E-state index contributed by atoms with van der Waals surface area (Å²) < 4.78 is 17.7. The van der Waals surface area contributed by atoms with Crippen LogP contribution in [0.1, 0.15) is 5.56 Å². The highest BCUT2D eigenvalue weighted by Crippen LogP contribution is 2.31. The third-order valence-electron chi connectivity index (χ3n) is 4.18. The summed E-state index contributed by atoms with van der Waals surface area (Å²) in [6, 6.07) is 9.18. The van der Waals surface area contributed by atoms with Crippen LogP contribution >= 0.6 is 11.8 Å². The standard InChI is InChI=1S/C18H19N5O4S/c1-22(10-12-4-5-13-15(9-12)27-8-7-26-13)16(24)11-28-18-21-20-17(23(18)19)14-3-2-6-25-14/h2-6,9H,7-8,10-11,19H2,1H3. The van der Waals surface area contributed by atoms with Crippen LogP contribution in [0.15, 0.2) is 46.2 Å². The fraction of sp³-hybridized carbons (Fsp3) is 0.278. The van der Waals surface area contributed by atoms with Crippen molar-refractivity contribution in [2.45, 2.75) is 11.7 Å². The van der Waals surface area contributed by atoms with E-state index in [9.17, 15) is 4.79 Å². The van der Waals surface area contributed by atoms with Gasteiger partial charge in [0.15, 0.2) is 17.3 Å². The number of amides is 1. The molecule has 10 heteroatoms. The van der Waals surface area contributed by atoms with Crippen LogP contribution in [0.4, 0.5) is 0 Å². The molecule has 1 aromatic carbocycles. The molecule has 3 aromatic rings. The van der Waals surface area contributed by atoms with Gasteiger partial charge in [-0.15, -0.1) is 10.2 Å². The Labute approximate surface area is 165 Å². The number of rotatable bonds is 6. The van der Waals surface area contributed by atoms with Crippen molar-refractivity contribution >= 4 is 17.7 Å². The van der Waals surface area contributed by atoms with Gasteiger partial charge in [0.05, 0.1) is 12.0 Å². The minimum absolute atomic E-state index is 0.0533. The number of nitrogens with zero attached hydrogens (tertiary/aromatic N) is 4. The molecule has 2 aromatic heterocycles. The van der Waals surface area contributed by atoms with E-state index in [0.29, 0.717) is 42.2 Å². The average molecular weight is 401 g/mol. The molecule has 0 saturated heterocycles. The summed E-state index contributed by atoms with van der Waals surface area (Å²) in [4.78, 5) is 14.1. The molecule has 0 radical (unpaired) electrons. The molecule has 1 aliphatic heterocycles. The minimum atomic E-state index is -0.0533. The van der Waals surface area contributed by atoms with E-state index in [0.717, 1.165) is 11.3 Å². The van der Waals surface area contributed by atoms with E-state index < -0.39 is 0 Å². The largest absolute Gasteiger partial charge is 0.486 e. The van der Waals surface area contributed by atoms with Crippen LogP contribution in [-0.4, -0.2) is 51.7 Å². The lowest BCUT2D eigenvalue weighted by Gasteiger charge is -2.21. The van der Waals surface area contributed by atoms with Gasteiger partial charge >= 0.3 is 0 Å². The van der Waals surface area contributed by atoms with Crippen molar-refractivity contribution in [3.05, 3.63) is 42.2 Å². The van der Waals surface area contributed by atoms with Gasteiger partial charge in [-0.2, -0.15) is 0 Å². The number of hydrogen-bond acceptors (Lipinski definition) is 8. The molecule has 0 aliphatic carbocycles. The summed E-state index contributed by atoms with van der Waals surface area (Å²) in [6.07, 6.45) is 1.53. The number of benzene rings is 1. The van der Waals surface area contributed by atoms with Crippen molar-refractivity contribution in [2.75, 3.05) is 31.9 Å². The van der Waals surface area contributed by atoms with E-state index in [1.54, 1.807) is 24.1 Å². The Balaban J connectivity index is 1.35. The van der Waals surface area contributed by atoms with Gasteiger partial charge in [-0.1, -0.05) is 17.8 Å². The normalized spacial score (nSPS) is 12.8. The van der Waals surface area contributed by atoms with Crippen LogP contribution in [0.2, 0.25) is 0 Å². The molecule has 0 fully saturated rings. The monoisotopic (exact) mass is 401 g/mol. The molecule has 9 nitrogen and oxygen atoms in total. The summed E-state index contributed by atoms with van der Waals surface area (Å²) in [5.74, 6) is 8.51. The fourth-order valence-corrected chi connectivity index (χ4v) is 3.53. The van der Waals surface area contributed by atoms with Crippen molar-refractivity contribution in [1.29, 1.82) is 0 Å². The molecular formula is C18H19N5O4S. The third kappa shape index (κ3) is 3.77. The number of nitrogen functional groups attached to an aromatic ring is 1. The molecule has 1 amide bonds. The summed E-state index contributed by atoms with van der Waals surface area (Å²) in [5.41, 5.74) is 0.965. The molecule has 4 rings (SSSR count). The van der Waals surface area contributed by atoms with Crippen LogP contribution in [0.3, 0.4) is 0 Å². The molecule has 1 aliphatic rings. The molecule has 28 heavy (non-hydrogen) atoms. The molecule has 0 bridgehead atoms. The second-order valence-electron chi connectivity index (χ2n) is 6.17. The van der Waals surface area contributed by atoms with E-state index in [-0.39, 0.29) is 11.7 Å². The topological polar surface area (TPSA) is 109 Å². The van der Waals surface area contributed by atoms with Crippen LogP contribution in [0.25, 0.3) is 11.6 Å². The molecule has 146 valence electrons. The van der Waals surface area contributed by atoms with E-state index in [1.807, 2.05) is 18.2 Å². The van der Waals surface area contributed by atoms with Crippen molar-refractivity contribution in [1.82, 2.24) is 19.8 Å². The van der Waals surface area contributed by atoms with E-state index in [2.05, 4.69) is 10.2 Å². The van der Waals surface area contributed by atoms with Gasteiger partial charge in [-0.3, -0.25) is 4.79 Å². The first kappa shape index (κ1) is 18.2.